The summed E-state index contributed by atoms with van der Waals surface area (Å²) in [5.41, 5.74) is 1.24. The Morgan fingerprint density at radius 3 is 2.79 bits per heavy atom. The Morgan fingerprint density at radius 1 is 1.53 bits per heavy atom. The third-order valence-electron chi connectivity index (χ3n) is 3.79. The number of nitrogens with zero attached hydrogens (tertiary/aromatic N) is 3. The Labute approximate surface area is 113 Å². The fraction of sp³-hybridized carbons (Fsp3) is 0.769. The number of ether oxygens (including phenoxy) is 1. The van der Waals surface area contributed by atoms with E-state index < -0.39 is 5.97 Å². The maximum Gasteiger partial charge on any atom is 0.360 e. The van der Waals surface area contributed by atoms with Gasteiger partial charge in [0, 0.05) is 0 Å². The zero-order valence-electron chi connectivity index (χ0n) is 11.8. The molecule has 1 fully saturated rings. The van der Waals surface area contributed by atoms with Crippen molar-refractivity contribution in [3.8, 4) is 0 Å². The van der Waals surface area contributed by atoms with Gasteiger partial charge in [-0.2, -0.15) is 0 Å². The van der Waals surface area contributed by atoms with Crippen LogP contribution >= 0.6 is 0 Å². The van der Waals surface area contributed by atoms with Crippen molar-refractivity contribution < 1.29 is 9.53 Å². The van der Waals surface area contributed by atoms with Crippen LogP contribution in [0.3, 0.4) is 0 Å². The molecule has 1 saturated heterocycles. The van der Waals surface area contributed by atoms with Crippen molar-refractivity contribution in [2.24, 2.45) is 0 Å². The Balaban J connectivity index is 2.42. The lowest BCUT2D eigenvalue weighted by Gasteiger charge is -2.19. The van der Waals surface area contributed by atoms with Gasteiger partial charge < -0.3 is 10.1 Å². The molecule has 0 aromatic carbocycles. The molecule has 1 unspecified atom stereocenters. The molecule has 0 radical (unpaired) electrons. The zero-order valence-corrected chi connectivity index (χ0v) is 11.8. The molecule has 1 aromatic heterocycles. The number of carbonyl (C=O) groups is 1. The second-order valence-electron chi connectivity index (χ2n) is 4.88. The van der Waals surface area contributed by atoms with E-state index in [0.717, 1.165) is 37.9 Å². The summed E-state index contributed by atoms with van der Waals surface area (Å²) in [6.07, 6.45) is 4.07. The number of methoxy groups -OCH3 is 1. The highest BCUT2D eigenvalue weighted by Crippen LogP contribution is 2.29. The highest BCUT2D eigenvalue weighted by atomic mass is 16.5. The predicted octanol–water partition coefficient (Wildman–Crippen LogP) is 1.85. The highest BCUT2D eigenvalue weighted by Gasteiger charge is 2.30. The van der Waals surface area contributed by atoms with Crippen molar-refractivity contribution in [3.63, 3.8) is 0 Å². The van der Waals surface area contributed by atoms with Crippen LogP contribution in [0, 0.1) is 0 Å². The van der Waals surface area contributed by atoms with Gasteiger partial charge >= 0.3 is 5.97 Å². The molecule has 0 amide bonds. The number of aromatic nitrogens is 3. The SMILES string of the molecule is CCC(CC)n1nnc(C(=O)OC)c1C1CCCN1. The smallest absolute Gasteiger partial charge is 0.360 e. The summed E-state index contributed by atoms with van der Waals surface area (Å²) in [7, 11) is 1.38. The zero-order chi connectivity index (χ0) is 13.8. The van der Waals surface area contributed by atoms with Crippen LogP contribution in [0.25, 0.3) is 0 Å². The van der Waals surface area contributed by atoms with Crippen molar-refractivity contribution in [2.75, 3.05) is 13.7 Å². The molecule has 0 aliphatic carbocycles. The minimum absolute atomic E-state index is 0.157. The Morgan fingerprint density at radius 2 is 2.26 bits per heavy atom. The average molecular weight is 266 g/mol. The molecule has 2 rings (SSSR count). The van der Waals surface area contributed by atoms with E-state index in [1.165, 1.54) is 7.11 Å². The fourth-order valence-corrected chi connectivity index (χ4v) is 2.69. The van der Waals surface area contributed by atoms with Gasteiger partial charge in [0.15, 0.2) is 5.69 Å². The molecule has 1 atom stereocenters. The lowest BCUT2D eigenvalue weighted by Crippen LogP contribution is -2.22. The Hall–Kier alpha value is -1.43. The topological polar surface area (TPSA) is 69.0 Å². The first-order chi connectivity index (χ1) is 9.22. The van der Waals surface area contributed by atoms with E-state index in [4.69, 9.17) is 4.74 Å². The first kappa shape index (κ1) is 14.0. The van der Waals surface area contributed by atoms with Gasteiger partial charge in [0.1, 0.15) is 0 Å². The third-order valence-corrected chi connectivity index (χ3v) is 3.79. The molecule has 0 bridgehead atoms. The second kappa shape index (κ2) is 6.14. The number of hydrogen-bond donors (Lipinski definition) is 1. The van der Waals surface area contributed by atoms with Gasteiger partial charge in [0.25, 0.3) is 0 Å². The molecule has 1 aromatic rings. The molecule has 106 valence electrons. The summed E-state index contributed by atoms with van der Waals surface area (Å²) in [5.74, 6) is -0.402. The van der Waals surface area contributed by atoms with Gasteiger partial charge in [-0.1, -0.05) is 19.1 Å². The minimum atomic E-state index is -0.402. The van der Waals surface area contributed by atoms with Crippen LogP contribution in [0.15, 0.2) is 0 Å². The molecule has 1 N–H and O–H groups in total. The molecule has 0 spiro atoms. The van der Waals surface area contributed by atoms with E-state index in [1.54, 1.807) is 0 Å². The molecule has 2 heterocycles. The monoisotopic (exact) mass is 266 g/mol. The van der Waals surface area contributed by atoms with E-state index in [-0.39, 0.29) is 12.1 Å². The molecular formula is C13H22N4O2. The van der Waals surface area contributed by atoms with Gasteiger partial charge in [0.05, 0.1) is 24.9 Å². The quantitative estimate of drug-likeness (QED) is 0.824. The molecule has 1 aliphatic rings. The van der Waals surface area contributed by atoms with Crippen molar-refractivity contribution >= 4 is 5.97 Å². The minimum Gasteiger partial charge on any atom is -0.464 e. The summed E-state index contributed by atoms with van der Waals surface area (Å²) in [5, 5.41) is 11.7. The predicted molar refractivity (Wildman–Crippen MR) is 71.0 cm³/mol. The maximum atomic E-state index is 11.8. The van der Waals surface area contributed by atoms with Crippen LogP contribution in [0.1, 0.15) is 67.8 Å². The van der Waals surface area contributed by atoms with E-state index in [1.807, 2.05) is 4.68 Å². The number of rotatable bonds is 5. The average Bonchev–Trinajstić information content (AvgIpc) is 3.07. The van der Waals surface area contributed by atoms with Gasteiger partial charge in [-0.3, -0.25) is 0 Å². The van der Waals surface area contributed by atoms with Crippen LogP contribution in [-0.4, -0.2) is 34.6 Å². The largest absolute Gasteiger partial charge is 0.464 e. The van der Waals surface area contributed by atoms with Crippen LogP contribution in [0.4, 0.5) is 0 Å². The lowest BCUT2D eigenvalue weighted by atomic mass is 10.1. The van der Waals surface area contributed by atoms with Crippen molar-refractivity contribution in [1.29, 1.82) is 0 Å². The van der Waals surface area contributed by atoms with Crippen molar-refractivity contribution in [2.45, 2.75) is 51.6 Å². The van der Waals surface area contributed by atoms with Crippen molar-refractivity contribution in [3.05, 3.63) is 11.4 Å². The van der Waals surface area contributed by atoms with Crippen LogP contribution in [0.5, 0.6) is 0 Å². The van der Waals surface area contributed by atoms with Crippen molar-refractivity contribution in [1.82, 2.24) is 20.3 Å². The van der Waals surface area contributed by atoms with Crippen LogP contribution in [-0.2, 0) is 4.74 Å². The first-order valence-electron chi connectivity index (χ1n) is 6.99. The van der Waals surface area contributed by atoms with Gasteiger partial charge in [-0.15, -0.1) is 5.10 Å². The number of hydrogen-bond acceptors (Lipinski definition) is 5. The molecule has 6 nitrogen and oxygen atoms in total. The van der Waals surface area contributed by atoms with E-state index in [9.17, 15) is 4.79 Å². The summed E-state index contributed by atoms with van der Waals surface area (Å²) in [6.45, 7) is 5.22. The normalized spacial score (nSPS) is 19.1. The summed E-state index contributed by atoms with van der Waals surface area (Å²) < 4.78 is 6.73. The lowest BCUT2D eigenvalue weighted by molar-refractivity contribution is 0.0591. The third kappa shape index (κ3) is 2.63. The number of nitrogens with one attached hydrogen (secondary N) is 1. The summed E-state index contributed by atoms with van der Waals surface area (Å²) >= 11 is 0. The van der Waals surface area contributed by atoms with Gasteiger partial charge in [-0.25, -0.2) is 9.48 Å². The number of carbonyl (C=O) groups excluding carboxylic acids is 1. The van der Waals surface area contributed by atoms with Crippen LogP contribution < -0.4 is 5.32 Å². The van der Waals surface area contributed by atoms with Gasteiger partial charge in [0.2, 0.25) is 0 Å². The fourth-order valence-electron chi connectivity index (χ4n) is 2.69. The molecular weight excluding hydrogens is 244 g/mol. The Kier molecular flexibility index (Phi) is 4.52. The van der Waals surface area contributed by atoms with E-state index >= 15 is 0 Å². The Bertz CT molecular complexity index is 434. The van der Waals surface area contributed by atoms with Gasteiger partial charge in [-0.05, 0) is 32.2 Å². The molecule has 6 heteroatoms. The second-order valence-corrected chi connectivity index (χ2v) is 4.88. The molecule has 19 heavy (non-hydrogen) atoms. The molecule has 0 saturated carbocycles. The maximum absolute atomic E-state index is 11.8. The number of esters is 1. The first-order valence-corrected chi connectivity index (χ1v) is 6.99. The van der Waals surface area contributed by atoms with E-state index in [0.29, 0.717) is 5.69 Å². The molecule has 1 aliphatic heterocycles. The highest BCUT2D eigenvalue weighted by molar-refractivity contribution is 5.88. The summed E-state index contributed by atoms with van der Waals surface area (Å²) in [4.78, 5) is 11.8. The van der Waals surface area contributed by atoms with Crippen LogP contribution in [0.2, 0.25) is 0 Å². The van der Waals surface area contributed by atoms with E-state index in [2.05, 4.69) is 29.5 Å². The summed E-state index contributed by atoms with van der Waals surface area (Å²) in [6, 6.07) is 0.438. The standard InChI is InChI=1S/C13H22N4O2/c1-4-9(5-2)17-12(10-7-6-8-14-10)11(15-16-17)13(18)19-3/h9-10,14H,4-8H2,1-3H3.